The van der Waals surface area contributed by atoms with E-state index in [0.29, 0.717) is 67.8 Å². The summed E-state index contributed by atoms with van der Waals surface area (Å²) in [7, 11) is 3.10. The van der Waals surface area contributed by atoms with Gasteiger partial charge in [-0.25, -0.2) is 9.97 Å². The molecule has 0 bridgehead atoms. The second kappa shape index (κ2) is 20.8. The molecule has 0 saturated heterocycles. The maximum atomic E-state index is 6.09. The molecule has 0 unspecified atom stereocenters. The third kappa shape index (κ3) is 13.7. The molecule has 0 spiro atoms. The first kappa shape index (κ1) is 41.5. The molecule has 263 valence electrons. The first-order valence-electron chi connectivity index (χ1n) is 14.2. The van der Waals surface area contributed by atoms with Crippen LogP contribution in [0.3, 0.4) is 0 Å². The van der Waals surface area contributed by atoms with E-state index in [-0.39, 0.29) is 21.1 Å². The highest BCUT2D eigenvalue weighted by molar-refractivity contribution is 6.32. The number of nitrogens with zero attached hydrogens (tertiary/aromatic N) is 4. The molecule has 6 rings (SSSR count). The highest BCUT2D eigenvalue weighted by Gasteiger charge is 2.07. The Hall–Kier alpha value is -5.63. The molecule has 0 amide bonds. The number of nitrogens with two attached hydrogens (primary N) is 3. The lowest BCUT2D eigenvalue weighted by atomic mass is 10.3. The Morgan fingerprint density at radius 1 is 0.588 bits per heavy atom. The van der Waals surface area contributed by atoms with Crippen molar-refractivity contribution in [3.63, 3.8) is 0 Å². The van der Waals surface area contributed by atoms with Crippen molar-refractivity contribution in [2.45, 2.75) is 7.43 Å². The largest absolute Gasteiger partial charge is 0.495 e. The molecule has 2 heterocycles. The van der Waals surface area contributed by atoms with Gasteiger partial charge in [-0.15, -0.1) is 0 Å². The lowest BCUT2D eigenvalue weighted by Crippen LogP contribution is -1.99. The van der Waals surface area contributed by atoms with Gasteiger partial charge in [-0.1, -0.05) is 42.8 Å². The number of aromatic nitrogens is 4. The molecule has 51 heavy (non-hydrogen) atoms. The molecule has 0 aliphatic rings. The number of hydrogen-bond donors (Lipinski definition) is 4. The monoisotopic (exact) mass is 747 g/mol. The topological polar surface area (TPSA) is 179 Å². The summed E-state index contributed by atoms with van der Waals surface area (Å²) in [5, 5.41) is 4.12. The van der Waals surface area contributed by atoms with Gasteiger partial charge in [-0.3, -0.25) is 0 Å². The van der Waals surface area contributed by atoms with Crippen molar-refractivity contribution in [2.24, 2.45) is 0 Å². The maximum absolute atomic E-state index is 6.09. The number of nitrogen functional groups attached to an aromatic ring is 3. The molecule has 0 atom stereocenters. The number of anilines is 5. The number of hydrogen-bond acceptors (Lipinski definition) is 12. The number of benzene rings is 4. The van der Waals surface area contributed by atoms with Gasteiger partial charge in [0.2, 0.25) is 23.0 Å². The van der Waals surface area contributed by atoms with Gasteiger partial charge in [-0.05, 0) is 72.3 Å². The van der Waals surface area contributed by atoms with E-state index < -0.39 is 0 Å². The minimum absolute atomic E-state index is 0. The van der Waals surface area contributed by atoms with Crippen LogP contribution in [0, 0.1) is 0 Å². The fourth-order valence-corrected chi connectivity index (χ4v) is 4.44. The Morgan fingerprint density at radius 2 is 1.08 bits per heavy atom. The summed E-state index contributed by atoms with van der Waals surface area (Å²) in [5.74, 6) is 3.40. The predicted molar refractivity (Wildman–Crippen MR) is 207 cm³/mol. The molecule has 7 N–H and O–H groups in total. The van der Waals surface area contributed by atoms with Crippen molar-refractivity contribution >= 4 is 71.9 Å². The standard InChI is InChI=1S/C17H15ClN4O2.C11H8Cl2N2O2.C6H8N2.CH4.B/c1-23-15-6-5-13(10-14(15)18)24-16-7-8-20-17(22-16)21-12-4-2-3-11(19)9-12;1-16-9-3-2-7(6-8(9)12)17-10-4-5-14-11(13)15-10;7-5-2-1-3-6(8)4-5;;/h2-10H,19H2,1H3,(H,20,21,22);2-6H,1H3;1-4H,7-8H2;1H4;. The van der Waals surface area contributed by atoms with Crippen LogP contribution in [0.15, 0.2) is 109 Å². The Morgan fingerprint density at radius 3 is 1.53 bits per heavy atom. The zero-order valence-corrected chi connectivity index (χ0v) is 29.0. The fourth-order valence-electron chi connectivity index (χ4n) is 3.80. The van der Waals surface area contributed by atoms with Crippen molar-refractivity contribution in [1.29, 1.82) is 0 Å². The van der Waals surface area contributed by atoms with Gasteiger partial charge in [0.1, 0.15) is 23.0 Å². The van der Waals surface area contributed by atoms with Crippen LogP contribution in [-0.2, 0) is 0 Å². The Bertz CT molecular complexity index is 1980. The Labute approximate surface area is 313 Å². The van der Waals surface area contributed by atoms with Crippen LogP contribution in [0.5, 0.6) is 34.8 Å². The molecule has 0 aliphatic heterocycles. The van der Waals surface area contributed by atoms with Gasteiger partial charge in [-0.2, -0.15) is 9.97 Å². The van der Waals surface area contributed by atoms with E-state index in [1.165, 1.54) is 6.20 Å². The summed E-state index contributed by atoms with van der Waals surface area (Å²) in [6, 6.07) is 27.9. The molecular weight excluding hydrogens is 714 g/mol. The summed E-state index contributed by atoms with van der Waals surface area (Å²) < 4.78 is 21.3. The molecule has 0 fully saturated rings. The Balaban J connectivity index is 0.000000291. The van der Waals surface area contributed by atoms with Gasteiger partial charge in [0.25, 0.3) is 0 Å². The molecule has 12 nitrogen and oxygen atoms in total. The molecule has 4 aromatic carbocycles. The highest BCUT2D eigenvalue weighted by Crippen LogP contribution is 2.32. The fraction of sp³-hybridized carbons (Fsp3) is 0.0857. The van der Waals surface area contributed by atoms with Gasteiger partial charge >= 0.3 is 0 Å². The average Bonchev–Trinajstić information content (AvgIpc) is 3.06. The van der Waals surface area contributed by atoms with Crippen LogP contribution in [0.25, 0.3) is 0 Å². The third-order valence-electron chi connectivity index (χ3n) is 5.98. The minimum Gasteiger partial charge on any atom is -0.495 e. The lowest BCUT2D eigenvalue weighted by molar-refractivity contribution is 0.412. The van der Waals surface area contributed by atoms with E-state index in [2.05, 4.69) is 25.3 Å². The molecule has 0 aliphatic carbocycles. The van der Waals surface area contributed by atoms with E-state index in [0.717, 1.165) is 5.69 Å². The van der Waals surface area contributed by atoms with Gasteiger partial charge < -0.3 is 41.5 Å². The second-order valence-electron chi connectivity index (χ2n) is 9.60. The van der Waals surface area contributed by atoms with E-state index in [9.17, 15) is 0 Å². The normalized spacial score (nSPS) is 9.59. The third-order valence-corrected chi connectivity index (χ3v) is 6.75. The van der Waals surface area contributed by atoms with Crippen molar-refractivity contribution in [2.75, 3.05) is 36.7 Å². The molecule has 2 aromatic heterocycles. The zero-order chi connectivity index (χ0) is 35.2. The van der Waals surface area contributed by atoms with Crippen LogP contribution < -0.4 is 41.5 Å². The van der Waals surface area contributed by atoms with E-state index >= 15 is 0 Å². The number of halogens is 3. The number of nitrogens with one attached hydrogen (secondary N) is 1. The average molecular weight is 749 g/mol. The van der Waals surface area contributed by atoms with Crippen molar-refractivity contribution < 1.29 is 18.9 Å². The summed E-state index contributed by atoms with van der Waals surface area (Å²) >= 11 is 17.7. The smallest absolute Gasteiger partial charge is 0.230 e. The van der Waals surface area contributed by atoms with Gasteiger partial charge in [0.05, 0.1) is 24.3 Å². The van der Waals surface area contributed by atoms with Crippen molar-refractivity contribution in [3.8, 4) is 34.8 Å². The summed E-state index contributed by atoms with van der Waals surface area (Å²) in [6.07, 6.45) is 3.11. The predicted octanol–water partition coefficient (Wildman–Crippen LogP) is 8.95. The quantitative estimate of drug-likeness (QED) is 0.0661. The SMILES string of the molecule is C.COc1ccc(Oc2ccnc(Cl)n2)cc1Cl.COc1ccc(Oc2ccnc(Nc3cccc(N)c3)n2)cc1Cl.Nc1cccc(N)c1.[B]. The van der Waals surface area contributed by atoms with Crippen LogP contribution in [0.2, 0.25) is 15.3 Å². The first-order valence-corrected chi connectivity index (χ1v) is 15.3. The number of rotatable bonds is 8. The van der Waals surface area contributed by atoms with Crippen LogP contribution in [0.1, 0.15) is 7.43 Å². The summed E-state index contributed by atoms with van der Waals surface area (Å²) in [5.41, 5.74) is 19.4. The van der Waals surface area contributed by atoms with E-state index in [1.807, 2.05) is 18.2 Å². The maximum Gasteiger partial charge on any atom is 0.230 e. The first-order chi connectivity index (χ1) is 23.6. The van der Waals surface area contributed by atoms with Crippen LogP contribution in [0.4, 0.5) is 28.7 Å². The Kier molecular flexibility index (Phi) is 16.9. The van der Waals surface area contributed by atoms with Crippen LogP contribution >= 0.6 is 34.8 Å². The molecule has 3 radical (unpaired) electrons. The van der Waals surface area contributed by atoms with E-state index in [1.54, 1.807) is 99.3 Å². The molecule has 0 saturated carbocycles. The van der Waals surface area contributed by atoms with Gasteiger partial charge in [0.15, 0.2) is 0 Å². The number of ether oxygens (including phenoxy) is 4. The molecular formula is C35H35BCl3N8O4. The van der Waals surface area contributed by atoms with Crippen molar-refractivity contribution in [3.05, 3.63) is 125 Å². The van der Waals surface area contributed by atoms with Crippen molar-refractivity contribution in [1.82, 2.24) is 19.9 Å². The molecule has 16 heteroatoms. The molecule has 6 aromatic rings. The van der Waals surface area contributed by atoms with Gasteiger partial charge in [0, 0.05) is 67.8 Å². The minimum atomic E-state index is 0. The van der Waals surface area contributed by atoms with Crippen LogP contribution in [-0.4, -0.2) is 42.6 Å². The lowest BCUT2D eigenvalue weighted by Gasteiger charge is -2.09. The summed E-state index contributed by atoms with van der Waals surface area (Å²) in [6.45, 7) is 0. The zero-order valence-electron chi connectivity index (χ0n) is 26.8. The highest BCUT2D eigenvalue weighted by atomic mass is 35.5. The second-order valence-corrected chi connectivity index (χ2v) is 10.8. The van der Waals surface area contributed by atoms with E-state index in [4.69, 9.17) is 71.0 Å². The summed E-state index contributed by atoms with van der Waals surface area (Å²) in [4.78, 5) is 16.1. The number of methoxy groups -OCH3 is 2.